The predicted molar refractivity (Wildman–Crippen MR) is 107 cm³/mol. The summed E-state index contributed by atoms with van der Waals surface area (Å²) < 4.78 is 11.9. The lowest BCUT2D eigenvalue weighted by Crippen LogP contribution is -2.50. The molecule has 1 amide bonds. The Kier molecular flexibility index (Phi) is 4.85. The van der Waals surface area contributed by atoms with Crippen molar-refractivity contribution >= 4 is 16.9 Å². The number of carbonyl (C=O) groups excluding carboxylic acids is 1. The molecule has 0 aliphatic carbocycles. The quantitative estimate of drug-likeness (QED) is 0.740. The van der Waals surface area contributed by atoms with Gasteiger partial charge in [-0.05, 0) is 68.9 Å². The van der Waals surface area contributed by atoms with E-state index in [4.69, 9.17) is 9.47 Å². The number of fused-ring (bicyclic) bond motifs is 3. The highest BCUT2D eigenvalue weighted by Crippen LogP contribution is 2.38. The minimum absolute atomic E-state index is 0.164. The Morgan fingerprint density at radius 2 is 1.70 bits per heavy atom. The normalized spacial score (nSPS) is 25.0. The second-order valence-corrected chi connectivity index (χ2v) is 8.86. The van der Waals surface area contributed by atoms with Crippen LogP contribution in [0.4, 0.5) is 4.79 Å². The van der Waals surface area contributed by atoms with Gasteiger partial charge in [0, 0.05) is 12.1 Å². The Balaban J connectivity index is 1.36. The fourth-order valence-electron chi connectivity index (χ4n) is 4.42. The predicted octanol–water partition coefficient (Wildman–Crippen LogP) is 5.29. The molecule has 0 saturated carbocycles. The first-order valence-corrected chi connectivity index (χ1v) is 10.00. The molecule has 4 heteroatoms. The van der Waals surface area contributed by atoms with Crippen LogP contribution in [0.5, 0.6) is 0 Å². The van der Waals surface area contributed by atoms with Gasteiger partial charge in [0.15, 0.2) is 0 Å². The highest BCUT2D eigenvalue weighted by molar-refractivity contribution is 5.82. The van der Waals surface area contributed by atoms with E-state index < -0.39 is 5.60 Å². The maximum Gasteiger partial charge on any atom is 0.410 e. The van der Waals surface area contributed by atoms with Crippen molar-refractivity contribution in [2.24, 2.45) is 0 Å². The Morgan fingerprint density at radius 3 is 2.37 bits per heavy atom. The summed E-state index contributed by atoms with van der Waals surface area (Å²) >= 11 is 0. The van der Waals surface area contributed by atoms with Crippen molar-refractivity contribution in [3.63, 3.8) is 0 Å². The van der Waals surface area contributed by atoms with E-state index in [-0.39, 0.29) is 24.3 Å². The largest absolute Gasteiger partial charge is 0.444 e. The number of piperidine rings is 1. The third-order valence-electron chi connectivity index (χ3n) is 5.59. The van der Waals surface area contributed by atoms with Gasteiger partial charge in [-0.25, -0.2) is 4.79 Å². The van der Waals surface area contributed by atoms with Gasteiger partial charge in [0.1, 0.15) is 5.60 Å². The van der Waals surface area contributed by atoms with E-state index in [1.54, 1.807) is 0 Å². The van der Waals surface area contributed by atoms with Gasteiger partial charge in [0.05, 0.1) is 12.7 Å². The number of ether oxygens (including phenoxy) is 2. The third kappa shape index (κ3) is 4.11. The maximum absolute atomic E-state index is 12.5. The molecule has 4 rings (SSSR count). The molecule has 2 fully saturated rings. The van der Waals surface area contributed by atoms with Gasteiger partial charge in [-0.3, -0.25) is 0 Å². The first-order valence-electron chi connectivity index (χ1n) is 10.00. The molecule has 0 N–H and O–H groups in total. The van der Waals surface area contributed by atoms with Crippen molar-refractivity contribution < 1.29 is 14.3 Å². The minimum Gasteiger partial charge on any atom is -0.444 e. The molecule has 2 aromatic carbocycles. The van der Waals surface area contributed by atoms with Crippen LogP contribution in [-0.2, 0) is 16.1 Å². The van der Waals surface area contributed by atoms with Gasteiger partial charge < -0.3 is 14.4 Å². The summed E-state index contributed by atoms with van der Waals surface area (Å²) in [5, 5.41) is 2.50. The SMILES string of the molecule is CC(C)(C)OC(=O)N1[C@@H]2CC[C@H]1CC(OCc1ccc3ccccc3c1)C2. The van der Waals surface area contributed by atoms with Crippen molar-refractivity contribution in [3.05, 3.63) is 48.0 Å². The molecule has 2 bridgehead atoms. The van der Waals surface area contributed by atoms with E-state index in [9.17, 15) is 4.79 Å². The molecule has 4 nitrogen and oxygen atoms in total. The highest BCUT2D eigenvalue weighted by Gasteiger charge is 2.45. The van der Waals surface area contributed by atoms with Crippen LogP contribution < -0.4 is 0 Å². The fourth-order valence-corrected chi connectivity index (χ4v) is 4.42. The molecule has 0 spiro atoms. The summed E-state index contributed by atoms with van der Waals surface area (Å²) in [6, 6.07) is 15.4. The van der Waals surface area contributed by atoms with Crippen LogP contribution in [0.2, 0.25) is 0 Å². The number of amides is 1. The summed E-state index contributed by atoms with van der Waals surface area (Å²) in [7, 11) is 0. The highest BCUT2D eigenvalue weighted by atomic mass is 16.6. The first-order chi connectivity index (χ1) is 12.9. The monoisotopic (exact) mass is 367 g/mol. The maximum atomic E-state index is 12.5. The molecule has 144 valence electrons. The number of benzene rings is 2. The zero-order chi connectivity index (χ0) is 19.0. The van der Waals surface area contributed by atoms with E-state index in [1.165, 1.54) is 16.3 Å². The molecule has 2 aliphatic heterocycles. The fraction of sp³-hybridized carbons (Fsp3) is 0.522. The van der Waals surface area contributed by atoms with Crippen LogP contribution in [0.25, 0.3) is 10.8 Å². The van der Waals surface area contributed by atoms with E-state index in [1.807, 2.05) is 25.7 Å². The lowest BCUT2D eigenvalue weighted by molar-refractivity contribution is -0.0396. The van der Waals surface area contributed by atoms with E-state index in [2.05, 4.69) is 42.5 Å². The Hall–Kier alpha value is -2.07. The first kappa shape index (κ1) is 18.3. The molecular formula is C23H29NO3. The molecule has 2 heterocycles. The lowest BCUT2D eigenvalue weighted by atomic mass is 10.00. The number of hydrogen-bond acceptors (Lipinski definition) is 3. The van der Waals surface area contributed by atoms with Crippen LogP contribution in [0.3, 0.4) is 0 Å². The minimum atomic E-state index is -0.444. The van der Waals surface area contributed by atoms with Crippen molar-refractivity contribution in [2.45, 2.75) is 76.9 Å². The summed E-state index contributed by atoms with van der Waals surface area (Å²) in [4.78, 5) is 14.5. The lowest BCUT2D eigenvalue weighted by Gasteiger charge is -2.39. The summed E-state index contributed by atoms with van der Waals surface area (Å²) in [6.07, 6.45) is 3.97. The number of rotatable bonds is 3. The van der Waals surface area contributed by atoms with Gasteiger partial charge in [-0.15, -0.1) is 0 Å². The van der Waals surface area contributed by atoms with Crippen molar-refractivity contribution in [3.8, 4) is 0 Å². The molecule has 3 atom stereocenters. The average Bonchev–Trinajstić information content (AvgIpc) is 2.89. The van der Waals surface area contributed by atoms with Crippen LogP contribution >= 0.6 is 0 Å². The van der Waals surface area contributed by atoms with Crippen molar-refractivity contribution in [2.75, 3.05) is 0 Å². The standard InChI is InChI=1S/C23H29NO3/c1-23(2,3)27-22(25)24-19-10-11-20(24)14-21(13-19)26-15-16-8-9-17-6-4-5-7-18(17)12-16/h4-9,12,19-21H,10-11,13-15H2,1-3H3/t19-,20+,21?. The van der Waals surface area contributed by atoms with Crippen LogP contribution in [0.15, 0.2) is 42.5 Å². The number of hydrogen-bond donors (Lipinski definition) is 0. The molecule has 27 heavy (non-hydrogen) atoms. The molecule has 2 aromatic rings. The topological polar surface area (TPSA) is 38.8 Å². The number of carbonyl (C=O) groups is 1. The Morgan fingerprint density at radius 1 is 1.04 bits per heavy atom. The molecule has 2 aliphatic rings. The van der Waals surface area contributed by atoms with Gasteiger partial charge in [0.2, 0.25) is 0 Å². The van der Waals surface area contributed by atoms with Crippen molar-refractivity contribution in [1.82, 2.24) is 4.90 Å². The van der Waals surface area contributed by atoms with E-state index in [0.29, 0.717) is 6.61 Å². The van der Waals surface area contributed by atoms with Crippen LogP contribution in [-0.4, -0.2) is 34.8 Å². The molecule has 0 radical (unpaired) electrons. The van der Waals surface area contributed by atoms with Gasteiger partial charge in [-0.1, -0.05) is 36.4 Å². The van der Waals surface area contributed by atoms with Gasteiger partial charge >= 0.3 is 6.09 Å². The van der Waals surface area contributed by atoms with E-state index >= 15 is 0 Å². The zero-order valence-electron chi connectivity index (χ0n) is 16.5. The smallest absolute Gasteiger partial charge is 0.410 e. The Labute approximate surface area is 161 Å². The average molecular weight is 367 g/mol. The molecule has 2 saturated heterocycles. The second kappa shape index (κ2) is 7.16. The zero-order valence-corrected chi connectivity index (χ0v) is 16.5. The summed E-state index contributed by atoms with van der Waals surface area (Å²) in [6.45, 7) is 6.39. The molecule has 1 unspecified atom stereocenters. The second-order valence-electron chi connectivity index (χ2n) is 8.86. The number of nitrogens with zero attached hydrogens (tertiary/aromatic N) is 1. The van der Waals surface area contributed by atoms with Gasteiger partial charge in [-0.2, -0.15) is 0 Å². The van der Waals surface area contributed by atoms with E-state index in [0.717, 1.165) is 25.7 Å². The summed E-state index contributed by atoms with van der Waals surface area (Å²) in [5.41, 5.74) is 0.760. The van der Waals surface area contributed by atoms with Gasteiger partial charge in [0.25, 0.3) is 0 Å². The van der Waals surface area contributed by atoms with Crippen molar-refractivity contribution in [1.29, 1.82) is 0 Å². The Bertz CT molecular complexity index is 812. The third-order valence-corrected chi connectivity index (χ3v) is 5.59. The molecule has 0 aromatic heterocycles. The van der Waals surface area contributed by atoms with Crippen LogP contribution in [0.1, 0.15) is 52.0 Å². The summed E-state index contributed by atoms with van der Waals surface area (Å²) in [5.74, 6) is 0. The van der Waals surface area contributed by atoms with Crippen LogP contribution in [0, 0.1) is 0 Å². The molecular weight excluding hydrogens is 338 g/mol.